The van der Waals surface area contributed by atoms with Crippen molar-refractivity contribution in [3.8, 4) is 0 Å². The third-order valence-corrected chi connectivity index (χ3v) is 3.53. The van der Waals surface area contributed by atoms with E-state index in [0.29, 0.717) is 0 Å². The van der Waals surface area contributed by atoms with Gasteiger partial charge < -0.3 is 10.4 Å². The Hall–Kier alpha value is -0.870. The van der Waals surface area contributed by atoms with Gasteiger partial charge in [0.15, 0.2) is 0 Å². The van der Waals surface area contributed by atoms with E-state index in [1.807, 2.05) is 11.7 Å². The summed E-state index contributed by atoms with van der Waals surface area (Å²) in [6.45, 7) is 7.43. The summed E-state index contributed by atoms with van der Waals surface area (Å²) in [5, 5.41) is 17.0. The predicted molar refractivity (Wildman–Crippen MR) is 69.8 cm³/mol. The fourth-order valence-corrected chi connectivity index (χ4v) is 1.85. The second kappa shape index (κ2) is 6.17. The van der Waals surface area contributed by atoms with Gasteiger partial charge in [0.2, 0.25) is 0 Å². The predicted octanol–water partition coefficient (Wildman–Crippen LogP) is 1.62. The van der Waals surface area contributed by atoms with Gasteiger partial charge in [-0.3, -0.25) is 4.68 Å². The molecule has 0 amide bonds. The number of hydrogen-bond donors (Lipinski definition) is 2. The van der Waals surface area contributed by atoms with Gasteiger partial charge in [0, 0.05) is 25.7 Å². The molecule has 0 saturated heterocycles. The van der Waals surface area contributed by atoms with Crippen LogP contribution < -0.4 is 5.32 Å². The lowest BCUT2D eigenvalue weighted by Gasteiger charge is -2.29. The summed E-state index contributed by atoms with van der Waals surface area (Å²) < 4.78 is 1.93. The molecule has 1 aromatic rings. The molecule has 1 atom stereocenters. The van der Waals surface area contributed by atoms with Crippen molar-refractivity contribution in [2.45, 2.75) is 52.1 Å². The van der Waals surface area contributed by atoms with Gasteiger partial charge >= 0.3 is 0 Å². The molecule has 2 N–H and O–H groups in total. The first-order valence-electron chi connectivity index (χ1n) is 6.42. The summed E-state index contributed by atoms with van der Waals surface area (Å²) in [6, 6.07) is 2.14. The molecule has 1 aromatic heterocycles. The van der Waals surface area contributed by atoms with Gasteiger partial charge in [-0.15, -0.1) is 0 Å². The second-order valence-electron chi connectivity index (χ2n) is 4.85. The van der Waals surface area contributed by atoms with E-state index in [1.54, 1.807) is 0 Å². The summed E-state index contributed by atoms with van der Waals surface area (Å²) in [5.74, 6) is 0. The highest BCUT2D eigenvalue weighted by atomic mass is 16.3. The first kappa shape index (κ1) is 14.2. The largest absolute Gasteiger partial charge is 0.396 e. The number of aromatic nitrogens is 2. The van der Waals surface area contributed by atoms with Gasteiger partial charge in [0.25, 0.3) is 0 Å². The van der Waals surface area contributed by atoms with Gasteiger partial charge in [0.05, 0.1) is 11.4 Å². The highest BCUT2D eigenvalue weighted by Crippen LogP contribution is 2.15. The number of nitrogens with zero attached hydrogens (tertiary/aromatic N) is 2. The quantitative estimate of drug-likeness (QED) is 0.760. The first-order valence-corrected chi connectivity index (χ1v) is 6.42. The highest BCUT2D eigenvalue weighted by molar-refractivity contribution is 5.10. The van der Waals surface area contributed by atoms with E-state index in [9.17, 15) is 0 Å². The molecule has 4 heteroatoms. The van der Waals surface area contributed by atoms with Gasteiger partial charge in [-0.2, -0.15) is 5.10 Å². The highest BCUT2D eigenvalue weighted by Gasteiger charge is 2.20. The van der Waals surface area contributed by atoms with Gasteiger partial charge in [-0.05, 0) is 32.3 Å². The molecule has 0 spiro atoms. The minimum atomic E-state index is 0.00536. The van der Waals surface area contributed by atoms with Crippen LogP contribution in [0.4, 0.5) is 0 Å². The average molecular weight is 239 g/mol. The maximum Gasteiger partial charge on any atom is 0.0625 e. The minimum absolute atomic E-state index is 0.00536. The zero-order chi connectivity index (χ0) is 12.9. The molecule has 0 saturated carbocycles. The van der Waals surface area contributed by atoms with Crippen molar-refractivity contribution in [1.82, 2.24) is 15.1 Å². The smallest absolute Gasteiger partial charge is 0.0625 e. The van der Waals surface area contributed by atoms with Crippen LogP contribution in [0, 0.1) is 0 Å². The Labute approximate surface area is 104 Å². The monoisotopic (exact) mass is 239 g/mol. The van der Waals surface area contributed by atoms with Crippen LogP contribution >= 0.6 is 0 Å². The van der Waals surface area contributed by atoms with Crippen molar-refractivity contribution in [3.63, 3.8) is 0 Å². The molecular weight excluding hydrogens is 214 g/mol. The molecule has 1 heterocycles. The SMILES string of the molecule is CCc1cc(CNC(C)(CC)CCO)n(C)n1. The van der Waals surface area contributed by atoms with Crippen LogP contribution in [0.5, 0.6) is 0 Å². The molecule has 1 unspecified atom stereocenters. The molecule has 0 aliphatic rings. The lowest BCUT2D eigenvalue weighted by Crippen LogP contribution is -2.42. The van der Waals surface area contributed by atoms with Crippen molar-refractivity contribution in [3.05, 3.63) is 17.5 Å². The van der Waals surface area contributed by atoms with Gasteiger partial charge in [-0.25, -0.2) is 0 Å². The Balaban J connectivity index is 2.62. The molecule has 0 bridgehead atoms. The lowest BCUT2D eigenvalue weighted by molar-refractivity contribution is 0.213. The zero-order valence-corrected chi connectivity index (χ0v) is 11.5. The van der Waals surface area contributed by atoms with Crippen LogP contribution in [0.25, 0.3) is 0 Å². The standard InChI is InChI=1S/C13H25N3O/c1-5-11-9-12(16(4)15-11)10-14-13(3,6-2)7-8-17/h9,14,17H,5-8,10H2,1-4H3. The van der Waals surface area contributed by atoms with E-state index in [1.165, 1.54) is 5.69 Å². The van der Waals surface area contributed by atoms with Crippen LogP contribution in [-0.4, -0.2) is 27.0 Å². The third kappa shape index (κ3) is 3.82. The van der Waals surface area contributed by atoms with Crippen molar-refractivity contribution >= 4 is 0 Å². The molecule has 0 aliphatic heterocycles. The summed E-state index contributed by atoms with van der Waals surface area (Å²) >= 11 is 0. The summed E-state index contributed by atoms with van der Waals surface area (Å²) in [7, 11) is 1.98. The van der Waals surface area contributed by atoms with Crippen molar-refractivity contribution in [1.29, 1.82) is 0 Å². The van der Waals surface area contributed by atoms with E-state index in [2.05, 4.69) is 37.3 Å². The van der Waals surface area contributed by atoms with E-state index < -0.39 is 0 Å². The number of nitrogens with one attached hydrogen (secondary N) is 1. The minimum Gasteiger partial charge on any atom is -0.396 e. The molecule has 0 fully saturated rings. The number of aryl methyl sites for hydroxylation is 2. The summed E-state index contributed by atoms with van der Waals surface area (Å²) in [6.07, 6.45) is 2.75. The average Bonchev–Trinajstić information content (AvgIpc) is 2.68. The van der Waals surface area contributed by atoms with Crippen LogP contribution in [0.3, 0.4) is 0 Å². The molecule has 98 valence electrons. The van der Waals surface area contributed by atoms with E-state index in [0.717, 1.165) is 31.5 Å². The lowest BCUT2D eigenvalue weighted by atomic mass is 9.95. The number of aliphatic hydroxyl groups excluding tert-OH is 1. The topological polar surface area (TPSA) is 50.1 Å². The summed E-state index contributed by atoms with van der Waals surface area (Å²) in [5.41, 5.74) is 2.33. The second-order valence-corrected chi connectivity index (χ2v) is 4.85. The van der Waals surface area contributed by atoms with Crippen LogP contribution in [0.1, 0.15) is 45.0 Å². The Morgan fingerprint density at radius 1 is 1.47 bits per heavy atom. The molecule has 0 aromatic carbocycles. The van der Waals surface area contributed by atoms with Crippen LogP contribution in [-0.2, 0) is 20.0 Å². The van der Waals surface area contributed by atoms with Crippen molar-refractivity contribution in [2.24, 2.45) is 7.05 Å². The number of rotatable bonds is 7. The number of aliphatic hydroxyl groups is 1. The van der Waals surface area contributed by atoms with Gasteiger partial charge in [0.1, 0.15) is 0 Å². The molecular formula is C13H25N3O. The molecule has 0 radical (unpaired) electrons. The van der Waals surface area contributed by atoms with E-state index in [-0.39, 0.29) is 12.1 Å². The fraction of sp³-hybridized carbons (Fsp3) is 0.769. The maximum atomic E-state index is 9.07. The fourth-order valence-electron chi connectivity index (χ4n) is 1.85. The van der Waals surface area contributed by atoms with E-state index in [4.69, 9.17) is 5.11 Å². The van der Waals surface area contributed by atoms with Crippen LogP contribution in [0.15, 0.2) is 6.07 Å². The molecule has 17 heavy (non-hydrogen) atoms. The van der Waals surface area contributed by atoms with E-state index >= 15 is 0 Å². The Bertz CT molecular complexity index is 348. The molecule has 0 aliphatic carbocycles. The van der Waals surface area contributed by atoms with Crippen molar-refractivity contribution < 1.29 is 5.11 Å². The summed E-state index contributed by atoms with van der Waals surface area (Å²) in [4.78, 5) is 0. The van der Waals surface area contributed by atoms with Crippen LogP contribution in [0.2, 0.25) is 0 Å². The number of hydrogen-bond acceptors (Lipinski definition) is 3. The normalized spacial score (nSPS) is 14.9. The van der Waals surface area contributed by atoms with Gasteiger partial charge in [-0.1, -0.05) is 13.8 Å². The maximum absolute atomic E-state index is 9.07. The molecule has 4 nitrogen and oxygen atoms in total. The third-order valence-electron chi connectivity index (χ3n) is 3.53. The Kier molecular flexibility index (Phi) is 5.15. The first-order chi connectivity index (χ1) is 8.04. The Morgan fingerprint density at radius 3 is 2.65 bits per heavy atom. The van der Waals surface area contributed by atoms with Crippen molar-refractivity contribution in [2.75, 3.05) is 6.61 Å². The Morgan fingerprint density at radius 2 is 2.18 bits per heavy atom. The zero-order valence-electron chi connectivity index (χ0n) is 11.5. The molecule has 1 rings (SSSR count).